The number of hydrogen-bond donors (Lipinski definition) is 0. The van der Waals surface area contributed by atoms with Gasteiger partial charge >= 0.3 is 5.97 Å². The molecule has 0 amide bonds. The van der Waals surface area contributed by atoms with Gasteiger partial charge < -0.3 is 4.74 Å². The Bertz CT molecular complexity index is 622. The van der Waals surface area contributed by atoms with Crippen molar-refractivity contribution in [2.24, 2.45) is 5.92 Å². The zero-order valence-electron chi connectivity index (χ0n) is 12.8. The van der Waals surface area contributed by atoms with Crippen LogP contribution in [-0.2, 0) is 26.2 Å². The fourth-order valence-corrected chi connectivity index (χ4v) is 4.29. The molecule has 0 bridgehead atoms. The van der Waals surface area contributed by atoms with Gasteiger partial charge in [-0.3, -0.25) is 4.79 Å². The molecule has 5 nitrogen and oxygen atoms in total. The van der Waals surface area contributed by atoms with Gasteiger partial charge in [0.15, 0.2) is 0 Å². The molecule has 0 N–H and O–H groups in total. The molecule has 1 heterocycles. The molecule has 0 spiro atoms. The lowest BCUT2D eigenvalue weighted by Crippen LogP contribution is -2.23. The van der Waals surface area contributed by atoms with Gasteiger partial charge in [-0.1, -0.05) is 12.1 Å². The molecule has 0 radical (unpaired) electrons. The lowest BCUT2D eigenvalue weighted by atomic mass is 10.0. The van der Waals surface area contributed by atoms with Gasteiger partial charge in [-0.2, -0.15) is 11.8 Å². The molecule has 1 fully saturated rings. The van der Waals surface area contributed by atoms with Crippen LogP contribution in [0.4, 0.5) is 0 Å². The summed E-state index contributed by atoms with van der Waals surface area (Å²) in [7, 11) is -0.490. The Morgan fingerprint density at radius 2 is 2.00 bits per heavy atom. The van der Waals surface area contributed by atoms with Crippen LogP contribution in [0.1, 0.15) is 18.4 Å². The van der Waals surface area contributed by atoms with Crippen molar-refractivity contribution in [1.29, 1.82) is 0 Å². The first-order valence-electron chi connectivity index (χ1n) is 7.17. The largest absolute Gasteiger partial charge is 0.461 e. The van der Waals surface area contributed by atoms with Crippen LogP contribution in [0.3, 0.4) is 0 Å². The van der Waals surface area contributed by atoms with Crippen molar-refractivity contribution >= 4 is 27.8 Å². The lowest BCUT2D eigenvalue weighted by Gasteiger charge is -2.19. The molecular formula is C15H21NO4S2. The standard InChI is InChI=1S/C15H21NO4S2/c1-16(2)22(18,19)14-5-3-4-12(10-14)11-20-15(17)13-6-8-21-9-7-13/h3-5,10,13H,6-9,11H2,1-2H3. The molecule has 1 aliphatic heterocycles. The number of nitrogens with zero attached hydrogens (tertiary/aromatic N) is 1. The van der Waals surface area contributed by atoms with Gasteiger partial charge in [-0.15, -0.1) is 0 Å². The molecule has 0 saturated carbocycles. The van der Waals surface area contributed by atoms with E-state index in [1.165, 1.54) is 14.1 Å². The minimum absolute atomic E-state index is 0.0186. The minimum atomic E-state index is -3.47. The number of carbonyl (C=O) groups is 1. The summed E-state index contributed by atoms with van der Waals surface area (Å²) in [5, 5.41) is 0. The molecule has 7 heteroatoms. The quantitative estimate of drug-likeness (QED) is 0.766. The Hall–Kier alpha value is -1.05. The molecule has 0 aromatic heterocycles. The number of carbonyl (C=O) groups excluding carboxylic acids is 1. The van der Waals surface area contributed by atoms with Gasteiger partial charge in [0, 0.05) is 14.1 Å². The summed E-state index contributed by atoms with van der Waals surface area (Å²) in [4.78, 5) is 12.2. The molecule has 0 aliphatic carbocycles. The van der Waals surface area contributed by atoms with Crippen LogP contribution >= 0.6 is 11.8 Å². The van der Waals surface area contributed by atoms with Gasteiger partial charge in [-0.05, 0) is 42.0 Å². The van der Waals surface area contributed by atoms with Crippen LogP contribution < -0.4 is 0 Å². The Balaban J connectivity index is 2.00. The molecule has 22 heavy (non-hydrogen) atoms. The van der Waals surface area contributed by atoms with Gasteiger partial charge in [0.05, 0.1) is 10.8 Å². The van der Waals surface area contributed by atoms with Gasteiger partial charge in [-0.25, -0.2) is 12.7 Å². The molecule has 0 atom stereocenters. The second-order valence-corrected chi connectivity index (χ2v) is 8.81. The molecule has 2 rings (SSSR count). The highest BCUT2D eigenvalue weighted by Gasteiger charge is 2.23. The fraction of sp³-hybridized carbons (Fsp3) is 0.533. The van der Waals surface area contributed by atoms with Crippen molar-refractivity contribution in [3.8, 4) is 0 Å². The number of rotatable bonds is 5. The Morgan fingerprint density at radius 1 is 1.32 bits per heavy atom. The second-order valence-electron chi connectivity index (χ2n) is 5.43. The maximum atomic E-state index is 12.1. The Morgan fingerprint density at radius 3 is 2.64 bits per heavy atom. The highest BCUT2D eigenvalue weighted by atomic mass is 32.2. The molecule has 1 saturated heterocycles. The fourth-order valence-electron chi connectivity index (χ4n) is 2.21. The number of sulfonamides is 1. The van der Waals surface area contributed by atoms with Crippen molar-refractivity contribution in [2.75, 3.05) is 25.6 Å². The van der Waals surface area contributed by atoms with Crippen LogP contribution in [0.25, 0.3) is 0 Å². The SMILES string of the molecule is CN(C)S(=O)(=O)c1cccc(COC(=O)C2CCSCC2)c1. The molecular weight excluding hydrogens is 322 g/mol. The number of benzene rings is 1. The Kier molecular flexibility index (Phi) is 5.88. The molecule has 122 valence electrons. The van der Waals surface area contributed by atoms with Crippen molar-refractivity contribution in [2.45, 2.75) is 24.3 Å². The van der Waals surface area contributed by atoms with Crippen molar-refractivity contribution < 1.29 is 17.9 Å². The number of hydrogen-bond acceptors (Lipinski definition) is 5. The second kappa shape index (κ2) is 7.48. The number of ether oxygens (including phenoxy) is 1. The van der Waals surface area contributed by atoms with Crippen molar-refractivity contribution in [3.63, 3.8) is 0 Å². The highest BCUT2D eigenvalue weighted by Crippen LogP contribution is 2.24. The van der Waals surface area contributed by atoms with E-state index in [1.807, 2.05) is 11.8 Å². The predicted octanol–water partition coefficient (Wildman–Crippen LogP) is 2.12. The summed E-state index contributed by atoms with van der Waals surface area (Å²) in [6.07, 6.45) is 1.72. The normalized spacial score (nSPS) is 16.7. The van der Waals surface area contributed by atoms with E-state index in [1.54, 1.807) is 24.3 Å². The van der Waals surface area contributed by atoms with Crippen LogP contribution in [-0.4, -0.2) is 44.3 Å². The topological polar surface area (TPSA) is 63.7 Å². The van der Waals surface area contributed by atoms with Gasteiger partial charge in [0.2, 0.25) is 10.0 Å². The Labute approximate surface area is 136 Å². The zero-order valence-corrected chi connectivity index (χ0v) is 14.5. The maximum absolute atomic E-state index is 12.1. The monoisotopic (exact) mass is 343 g/mol. The predicted molar refractivity (Wildman–Crippen MR) is 87.2 cm³/mol. The third-order valence-corrected chi connectivity index (χ3v) is 6.47. The number of thioether (sulfide) groups is 1. The third kappa shape index (κ3) is 4.24. The summed E-state index contributed by atoms with van der Waals surface area (Å²) >= 11 is 1.86. The average Bonchev–Trinajstić information content (AvgIpc) is 2.53. The van der Waals surface area contributed by atoms with E-state index in [-0.39, 0.29) is 23.4 Å². The zero-order chi connectivity index (χ0) is 16.2. The first-order valence-corrected chi connectivity index (χ1v) is 9.76. The van der Waals surface area contributed by atoms with E-state index >= 15 is 0 Å². The summed E-state index contributed by atoms with van der Waals surface area (Å²) < 4.78 is 30.7. The molecule has 1 aromatic carbocycles. The molecule has 1 aromatic rings. The highest BCUT2D eigenvalue weighted by molar-refractivity contribution is 7.99. The van der Waals surface area contributed by atoms with E-state index < -0.39 is 10.0 Å². The third-order valence-electron chi connectivity index (χ3n) is 3.61. The van der Waals surface area contributed by atoms with Crippen LogP contribution in [0, 0.1) is 5.92 Å². The van der Waals surface area contributed by atoms with E-state index in [2.05, 4.69) is 0 Å². The van der Waals surface area contributed by atoms with Crippen LogP contribution in [0.15, 0.2) is 29.2 Å². The van der Waals surface area contributed by atoms with Crippen LogP contribution in [0.5, 0.6) is 0 Å². The van der Waals surface area contributed by atoms with E-state index in [0.29, 0.717) is 5.56 Å². The van der Waals surface area contributed by atoms with Gasteiger partial charge in [0.25, 0.3) is 0 Å². The summed E-state index contributed by atoms with van der Waals surface area (Å²) in [6.45, 7) is 0.110. The minimum Gasteiger partial charge on any atom is -0.461 e. The maximum Gasteiger partial charge on any atom is 0.309 e. The van der Waals surface area contributed by atoms with E-state index in [0.717, 1.165) is 28.7 Å². The van der Waals surface area contributed by atoms with Crippen molar-refractivity contribution in [1.82, 2.24) is 4.31 Å². The molecule has 1 aliphatic rings. The van der Waals surface area contributed by atoms with Crippen LogP contribution in [0.2, 0.25) is 0 Å². The molecule has 0 unspecified atom stereocenters. The average molecular weight is 343 g/mol. The number of esters is 1. The summed E-state index contributed by atoms with van der Waals surface area (Å²) in [6, 6.07) is 6.52. The smallest absolute Gasteiger partial charge is 0.309 e. The summed E-state index contributed by atoms with van der Waals surface area (Å²) in [5.74, 6) is 1.79. The first kappa shape index (κ1) is 17.3. The lowest BCUT2D eigenvalue weighted by molar-refractivity contribution is -0.150. The first-order chi connectivity index (χ1) is 10.4. The summed E-state index contributed by atoms with van der Waals surface area (Å²) in [5.41, 5.74) is 0.682. The van der Waals surface area contributed by atoms with Gasteiger partial charge in [0.1, 0.15) is 6.61 Å². The van der Waals surface area contributed by atoms with E-state index in [4.69, 9.17) is 4.74 Å². The van der Waals surface area contributed by atoms with E-state index in [9.17, 15) is 13.2 Å². The van der Waals surface area contributed by atoms with Crippen molar-refractivity contribution in [3.05, 3.63) is 29.8 Å².